The van der Waals surface area contributed by atoms with Crippen molar-refractivity contribution in [1.82, 2.24) is 0 Å². The standard InChI is InChI=1S/C34H54NO3/c1-5-7-8-9-10-11-12-14-20-30-23-19-24-33(27-30)37-25-17-18-26-38-34(36)32(6-2)29-35(3,4)28-31-21-15-13-16-22-31/h13,15-16,19,21-24,27,32H,5-12,14,17-18,20,25-26,28-29H2,1-4H3/q+1. The lowest BCUT2D eigenvalue weighted by Gasteiger charge is -2.32. The van der Waals surface area contributed by atoms with E-state index in [0.717, 1.165) is 49.0 Å². The van der Waals surface area contributed by atoms with E-state index in [1.54, 1.807) is 0 Å². The van der Waals surface area contributed by atoms with Gasteiger partial charge in [-0.2, -0.15) is 0 Å². The summed E-state index contributed by atoms with van der Waals surface area (Å²) in [7, 11) is 4.37. The number of esters is 1. The molecule has 1 unspecified atom stereocenters. The number of rotatable bonds is 21. The Morgan fingerprint density at radius 3 is 2.13 bits per heavy atom. The molecular formula is C34H54NO3+. The van der Waals surface area contributed by atoms with E-state index in [9.17, 15) is 4.79 Å². The normalized spacial score (nSPS) is 12.3. The van der Waals surface area contributed by atoms with Crippen LogP contribution in [-0.2, 0) is 22.5 Å². The van der Waals surface area contributed by atoms with E-state index in [-0.39, 0.29) is 11.9 Å². The van der Waals surface area contributed by atoms with Gasteiger partial charge in [0.25, 0.3) is 0 Å². The summed E-state index contributed by atoms with van der Waals surface area (Å²) in [5, 5.41) is 0. The highest BCUT2D eigenvalue weighted by molar-refractivity contribution is 5.72. The van der Waals surface area contributed by atoms with Crippen molar-refractivity contribution >= 4 is 5.97 Å². The van der Waals surface area contributed by atoms with E-state index in [1.807, 2.05) is 12.1 Å². The van der Waals surface area contributed by atoms with Gasteiger partial charge in [0.15, 0.2) is 0 Å². The van der Waals surface area contributed by atoms with Crippen molar-refractivity contribution in [2.24, 2.45) is 5.92 Å². The maximum atomic E-state index is 12.7. The Balaban J connectivity index is 1.59. The number of unbranched alkanes of at least 4 members (excludes halogenated alkanes) is 8. The van der Waals surface area contributed by atoms with Crippen LogP contribution in [0.5, 0.6) is 5.75 Å². The van der Waals surface area contributed by atoms with Gasteiger partial charge in [-0.15, -0.1) is 0 Å². The van der Waals surface area contributed by atoms with E-state index >= 15 is 0 Å². The van der Waals surface area contributed by atoms with Crippen molar-refractivity contribution in [3.05, 3.63) is 65.7 Å². The summed E-state index contributed by atoms with van der Waals surface area (Å²) in [6.45, 7) is 7.14. The van der Waals surface area contributed by atoms with Crippen LogP contribution >= 0.6 is 0 Å². The lowest BCUT2D eigenvalue weighted by molar-refractivity contribution is -0.906. The number of benzene rings is 2. The number of nitrogens with zero attached hydrogens (tertiary/aromatic N) is 1. The third-order valence-electron chi connectivity index (χ3n) is 7.26. The predicted octanol–water partition coefficient (Wildman–Crippen LogP) is 8.37. The van der Waals surface area contributed by atoms with Crippen LogP contribution in [0.1, 0.15) is 95.6 Å². The zero-order valence-corrected chi connectivity index (χ0v) is 24.8. The summed E-state index contributed by atoms with van der Waals surface area (Å²) in [5.74, 6) is 0.804. The highest BCUT2D eigenvalue weighted by atomic mass is 16.5. The van der Waals surface area contributed by atoms with E-state index in [4.69, 9.17) is 9.47 Å². The molecule has 0 saturated heterocycles. The molecule has 4 heteroatoms. The second-order valence-electron chi connectivity index (χ2n) is 11.5. The van der Waals surface area contributed by atoms with Gasteiger partial charge >= 0.3 is 5.97 Å². The van der Waals surface area contributed by atoms with Crippen LogP contribution in [0.25, 0.3) is 0 Å². The van der Waals surface area contributed by atoms with Crippen LogP contribution in [0.15, 0.2) is 54.6 Å². The fourth-order valence-corrected chi connectivity index (χ4v) is 5.05. The summed E-state index contributed by atoms with van der Waals surface area (Å²) in [5.41, 5.74) is 2.65. The molecule has 0 fully saturated rings. The Labute approximate surface area is 233 Å². The first kappa shape index (κ1) is 31.9. The summed E-state index contributed by atoms with van der Waals surface area (Å²) >= 11 is 0. The first-order chi connectivity index (χ1) is 18.4. The molecule has 2 aromatic rings. The molecule has 0 amide bonds. The van der Waals surface area contributed by atoms with Crippen molar-refractivity contribution in [3.63, 3.8) is 0 Å². The average Bonchev–Trinajstić information content (AvgIpc) is 2.91. The van der Waals surface area contributed by atoms with Crippen molar-refractivity contribution in [2.45, 2.75) is 97.4 Å². The molecule has 0 spiro atoms. The average molecular weight is 525 g/mol. The SMILES string of the molecule is CCCCCCCCCCc1cccc(OCCCCOC(=O)C(CC)C[N+](C)(C)Cc2ccccc2)c1. The molecule has 0 aliphatic heterocycles. The highest BCUT2D eigenvalue weighted by Crippen LogP contribution is 2.18. The third kappa shape index (κ3) is 14.0. The van der Waals surface area contributed by atoms with Gasteiger partial charge in [-0.3, -0.25) is 4.79 Å². The minimum absolute atomic E-state index is 0.0682. The topological polar surface area (TPSA) is 35.5 Å². The highest BCUT2D eigenvalue weighted by Gasteiger charge is 2.27. The fraction of sp³-hybridized carbons (Fsp3) is 0.618. The molecular weight excluding hydrogens is 470 g/mol. The van der Waals surface area contributed by atoms with Crippen molar-refractivity contribution < 1.29 is 18.8 Å². The van der Waals surface area contributed by atoms with Gasteiger partial charge in [0.1, 0.15) is 18.2 Å². The van der Waals surface area contributed by atoms with E-state index in [0.29, 0.717) is 13.2 Å². The monoisotopic (exact) mass is 524 g/mol. The molecule has 4 nitrogen and oxygen atoms in total. The van der Waals surface area contributed by atoms with E-state index in [1.165, 1.54) is 62.5 Å². The smallest absolute Gasteiger partial charge is 0.314 e. The largest absolute Gasteiger partial charge is 0.494 e. The van der Waals surface area contributed by atoms with Crippen LogP contribution in [0.2, 0.25) is 0 Å². The number of quaternary nitrogens is 1. The van der Waals surface area contributed by atoms with Crippen LogP contribution in [0, 0.1) is 5.92 Å². The fourth-order valence-electron chi connectivity index (χ4n) is 5.05. The molecule has 0 aromatic heterocycles. The molecule has 0 radical (unpaired) electrons. The molecule has 2 rings (SSSR count). The second-order valence-corrected chi connectivity index (χ2v) is 11.5. The third-order valence-corrected chi connectivity index (χ3v) is 7.26. The Morgan fingerprint density at radius 2 is 1.42 bits per heavy atom. The summed E-state index contributed by atoms with van der Waals surface area (Å²) in [6, 6.07) is 19.0. The van der Waals surface area contributed by atoms with Gasteiger partial charge in [-0.1, -0.05) is 101 Å². The molecule has 0 bridgehead atoms. The first-order valence-electron chi connectivity index (χ1n) is 15.2. The zero-order valence-electron chi connectivity index (χ0n) is 24.8. The molecule has 38 heavy (non-hydrogen) atoms. The molecule has 1 atom stereocenters. The van der Waals surface area contributed by atoms with E-state index < -0.39 is 0 Å². The lowest BCUT2D eigenvalue weighted by atomic mass is 10.0. The maximum absolute atomic E-state index is 12.7. The van der Waals surface area contributed by atoms with Gasteiger partial charge < -0.3 is 14.0 Å². The van der Waals surface area contributed by atoms with Gasteiger partial charge in [-0.05, 0) is 49.8 Å². The lowest BCUT2D eigenvalue weighted by Crippen LogP contribution is -2.44. The van der Waals surface area contributed by atoms with Crippen LogP contribution < -0.4 is 4.74 Å². The molecule has 0 heterocycles. The number of carbonyl (C=O) groups is 1. The first-order valence-corrected chi connectivity index (χ1v) is 15.2. The molecule has 0 saturated carbocycles. The number of aryl methyl sites for hydroxylation is 1. The van der Waals surface area contributed by atoms with Gasteiger partial charge in [0.2, 0.25) is 0 Å². The second kappa shape index (κ2) is 18.8. The number of hydrogen-bond donors (Lipinski definition) is 0. The molecule has 212 valence electrons. The molecule has 0 aliphatic rings. The van der Waals surface area contributed by atoms with Crippen LogP contribution in [0.4, 0.5) is 0 Å². The molecule has 0 N–H and O–H groups in total. The summed E-state index contributed by atoms with van der Waals surface area (Å²) < 4.78 is 12.4. The number of ether oxygens (including phenoxy) is 2. The Kier molecular flexibility index (Phi) is 15.8. The van der Waals surface area contributed by atoms with Crippen LogP contribution in [-0.4, -0.2) is 44.3 Å². The Bertz CT molecular complexity index is 880. The van der Waals surface area contributed by atoms with Gasteiger partial charge in [-0.25, -0.2) is 0 Å². The zero-order chi connectivity index (χ0) is 27.5. The Hall–Kier alpha value is -2.33. The number of hydrogen-bond acceptors (Lipinski definition) is 3. The molecule has 0 aliphatic carbocycles. The maximum Gasteiger partial charge on any atom is 0.314 e. The van der Waals surface area contributed by atoms with Gasteiger partial charge in [0, 0.05) is 5.56 Å². The quantitative estimate of drug-likeness (QED) is 0.0934. The van der Waals surface area contributed by atoms with Crippen molar-refractivity contribution in [1.29, 1.82) is 0 Å². The number of carbonyl (C=O) groups excluding carboxylic acids is 1. The van der Waals surface area contributed by atoms with Gasteiger partial charge in [0.05, 0.1) is 33.9 Å². The van der Waals surface area contributed by atoms with Crippen LogP contribution in [0.3, 0.4) is 0 Å². The van der Waals surface area contributed by atoms with Crippen molar-refractivity contribution in [2.75, 3.05) is 33.9 Å². The minimum Gasteiger partial charge on any atom is -0.494 e. The molecule has 2 aromatic carbocycles. The summed E-state index contributed by atoms with van der Waals surface area (Å²) in [4.78, 5) is 12.7. The van der Waals surface area contributed by atoms with E-state index in [2.05, 4.69) is 70.4 Å². The predicted molar refractivity (Wildman–Crippen MR) is 159 cm³/mol. The Morgan fingerprint density at radius 1 is 0.763 bits per heavy atom. The minimum atomic E-state index is -0.0752. The van der Waals surface area contributed by atoms with Crippen molar-refractivity contribution in [3.8, 4) is 5.75 Å². The summed E-state index contributed by atoms with van der Waals surface area (Å²) in [6.07, 6.45) is 14.4.